The SMILES string of the molecule is O=C(NC1CCCCC1)NC1(C(=O)NC2CCCC2)CCCCC1. The average Bonchev–Trinajstić information content (AvgIpc) is 3.09. The molecule has 136 valence electrons. The fourth-order valence-corrected chi connectivity index (χ4v) is 4.64. The van der Waals surface area contributed by atoms with Crippen molar-refractivity contribution in [2.45, 2.75) is 108 Å². The van der Waals surface area contributed by atoms with Gasteiger partial charge in [0.2, 0.25) is 5.91 Å². The van der Waals surface area contributed by atoms with E-state index < -0.39 is 5.54 Å². The van der Waals surface area contributed by atoms with Crippen LogP contribution in [0.5, 0.6) is 0 Å². The summed E-state index contributed by atoms with van der Waals surface area (Å²) in [6.45, 7) is 0. The van der Waals surface area contributed by atoms with Crippen LogP contribution in [0.25, 0.3) is 0 Å². The van der Waals surface area contributed by atoms with Gasteiger partial charge in [-0.1, -0.05) is 51.4 Å². The number of hydrogen-bond donors (Lipinski definition) is 3. The van der Waals surface area contributed by atoms with E-state index in [1.165, 1.54) is 32.1 Å². The lowest BCUT2D eigenvalue weighted by atomic mass is 9.80. The van der Waals surface area contributed by atoms with Gasteiger partial charge in [0.25, 0.3) is 0 Å². The minimum Gasteiger partial charge on any atom is -0.351 e. The molecule has 0 aliphatic heterocycles. The minimum absolute atomic E-state index is 0.0490. The molecule has 0 aromatic carbocycles. The molecule has 5 heteroatoms. The number of urea groups is 1. The molecular weight excluding hydrogens is 302 g/mol. The third kappa shape index (κ3) is 4.42. The van der Waals surface area contributed by atoms with Gasteiger partial charge in [0.05, 0.1) is 0 Å². The van der Waals surface area contributed by atoms with Gasteiger partial charge in [-0.25, -0.2) is 4.79 Å². The zero-order chi connectivity index (χ0) is 16.8. The van der Waals surface area contributed by atoms with Crippen molar-refractivity contribution in [2.24, 2.45) is 0 Å². The van der Waals surface area contributed by atoms with Crippen molar-refractivity contribution >= 4 is 11.9 Å². The Labute approximate surface area is 145 Å². The molecule has 3 aliphatic carbocycles. The van der Waals surface area contributed by atoms with Gasteiger partial charge in [0.15, 0.2) is 0 Å². The lowest BCUT2D eigenvalue weighted by Crippen LogP contribution is -2.63. The molecule has 0 spiro atoms. The second-order valence-electron chi connectivity index (χ2n) is 8.03. The quantitative estimate of drug-likeness (QED) is 0.737. The Balaban J connectivity index is 1.59. The highest BCUT2D eigenvalue weighted by Crippen LogP contribution is 2.30. The summed E-state index contributed by atoms with van der Waals surface area (Å²) in [4.78, 5) is 25.5. The van der Waals surface area contributed by atoms with Crippen LogP contribution in [-0.4, -0.2) is 29.6 Å². The van der Waals surface area contributed by atoms with Crippen molar-refractivity contribution in [3.63, 3.8) is 0 Å². The van der Waals surface area contributed by atoms with E-state index in [0.29, 0.717) is 6.04 Å². The summed E-state index contributed by atoms with van der Waals surface area (Å²) in [7, 11) is 0. The van der Waals surface area contributed by atoms with Crippen LogP contribution in [-0.2, 0) is 4.79 Å². The molecule has 3 N–H and O–H groups in total. The van der Waals surface area contributed by atoms with Crippen molar-refractivity contribution < 1.29 is 9.59 Å². The van der Waals surface area contributed by atoms with Crippen LogP contribution in [0.2, 0.25) is 0 Å². The molecular formula is C19H33N3O2. The van der Waals surface area contributed by atoms with E-state index in [4.69, 9.17) is 0 Å². The Morgan fingerprint density at radius 3 is 1.79 bits per heavy atom. The van der Waals surface area contributed by atoms with Gasteiger partial charge in [-0.2, -0.15) is 0 Å². The normalized spacial score (nSPS) is 25.2. The molecule has 24 heavy (non-hydrogen) atoms. The predicted molar refractivity (Wildman–Crippen MR) is 94.8 cm³/mol. The van der Waals surface area contributed by atoms with Gasteiger partial charge in [0.1, 0.15) is 5.54 Å². The van der Waals surface area contributed by atoms with Crippen LogP contribution in [0.4, 0.5) is 4.79 Å². The highest BCUT2D eigenvalue weighted by atomic mass is 16.2. The van der Waals surface area contributed by atoms with E-state index in [2.05, 4.69) is 16.0 Å². The molecule has 0 unspecified atom stereocenters. The number of amides is 3. The first-order valence-corrected chi connectivity index (χ1v) is 10.1. The molecule has 3 rings (SSSR count). The molecule has 0 saturated heterocycles. The third-order valence-corrected chi connectivity index (χ3v) is 6.13. The van der Waals surface area contributed by atoms with Crippen LogP contribution >= 0.6 is 0 Å². The number of carbonyl (C=O) groups excluding carboxylic acids is 2. The smallest absolute Gasteiger partial charge is 0.315 e. The van der Waals surface area contributed by atoms with Gasteiger partial charge in [-0.3, -0.25) is 4.79 Å². The first-order chi connectivity index (χ1) is 11.7. The van der Waals surface area contributed by atoms with E-state index in [0.717, 1.165) is 57.8 Å². The maximum Gasteiger partial charge on any atom is 0.315 e. The molecule has 3 amide bonds. The topological polar surface area (TPSA) is 70.2 Å². The summed E-state index contributed by atoms with van der Waals surface area (Å²) in [6.07, 6.45) is 15.1. The van der Waals surface area contributed by atoms with E-state index in [1.807, 2.05) is 0 Å². The summed E-state index contributed by atoms with van der Waals surface area (Å²) in [5.74, 6) is 0.0490. The van der Waals surface area contributed by atoms with Gasteiger partial charge in [0, 0.05) is 12.1 Å². The molecule has 0 heterocycles. The van der Waals surface area contributed by atoms with Crippen molar-refractivity contribution in [3.8, 4) is 0 Å². The monoisotopic (exact) mass is 335 g/mol. The van der Waals surface area contributed by atoms with Crippen LogP contribution < -0.4 is 16.0 Å². The highest BCUT2D eigenvalue weighted by Gasteiger charge is 2.42. The summed E-state index contributed by atoms with van der Waals surface area (Å²) in [5, 5.41) is 9.42. The molecule has 0 aromatic rings. The summed E-state index contributed by atoms with van der Waals surface area (Å²) in [5.41, 5.74) is -0.695. The Hall–Kier alpha value is -1.26. The predicted octanol–water partition coefficient (Wildman–Crippen LogP) is 3.38. The number of carbonyl (C=O) groups is 2. The van der Waals surface area contributed by atoms with Crippen molar-refractivity contribution in [1.29, 1.82) is 0 Å². The average molecular weight is 335 g/mol. The van der Waals surface area contributed by atoms with Gasteiger partial charge >= 0.3 is 6.03 Å². The Morgan fingerprint density at radius 1 is 0.667 bits per heavy atom. The second kappa shape index (κ2) is 8.21. The van der Waals surface area contributed by atoms with Crippen molar-refractivity contribution in [1.82, 2.24) is 16.0 Å². The fraction of sp³-hybridized carbons (Fsp3) is 0.895. The molecule has 0 radical (unpaired) electrons. The first-order valence-electron chi connectivity index (χ1n) is 10.1. The Bertz CT molecular complexity index is 434. The van der Waals surface area contributed by atoms with Crippen molar-refractivity contribution in [2.75, 3.05) is 0 Å². The summed E-state index contributed by atoms with van der Waals surface area (Å²) in [6, 6.07) is 0.433. The van der Waals surface area contributed by atoms with Crippen LogP contribution in [0.3, 0.4) is 0 Å². The maximum atomic E-state index is 13.0. The van der Waals surface area contributed by atoms with Gasteiger partial charge < -0.3 is 16.0 Å². The molecule has 3 fully saturated rings. The van der Waals surface area contributed by atoms with Crippen LogP contribution in [0.15, 0.2) is 0 Å². The van der Waals surface area contributed by atoms with E-state index >= 15 is 0 Å². The van der Waals surface area contributed by atoms with E-state index in [1.54, 1.807) is 0 Å². The minimum atomic E-state index is -0.695. The largest absolute Gasteiger partial charge is 0.351 e. The number of rotatable bonds is 4. The zero-order valence-electron chi connectivity index (χ0n) is 14.9. The van der Waals surface area contributed by atoms with Crippen LogP contribution in [0.1, 0.15) is 89.9 Å². The second-order valence-corrected chi connectivity index (χ2v) is 8.03. The highest BCUT2D eigenvalue weighted by molar-refractivity contribution is 5.91. The van der Waals surface area contributed by atoms with E-state index in [9.17, 15) is 9.59 Å². The number of hydrogen-bond acceptors (Lipinski definition) is 2. The lowest BCUT2D eigenvalue weighted by Gasteiger charge is -2.38. The van der Waals surface area contributed by atoms with Crippen LogP contribution in [0, 0.1) is 0 Å². The van der Waals surface area contributed by atoms with Gasteiger partial charge in [-0.15, -0.1) is 0 Å². The molecule has 5 nitrogen and oxygen atoms in total. The fourth-order valence-electron chi connectivity index (χ4n) is 4.64. The Morgan fingerprint density at radius 2 is 1.17 bits per heavy atom. The molecule has 3 saturated carbocycles. The Kier molecular flexibility index (Phi) is 6.01. The zero-order valence-corrected chi connectivity index (χ0v) is 14.9. The third-order valence-electron chi connectivity index (χ3n) is 6.13. The van der Waals surface area contributed by atoms with Gasteiger partial charge in [-0.05, 0) is 38.5 Å². The summed E-state index contributed by atoms with van der Waals surface area (Å²) >= 11 is 0. The summed E-state index contributed by atoms with van der Waals surface area (Å²) < 4.78 is 0. The number of nitrogens with one attached hydrogen (secondary N) is 3. The maximum absolute atomic E-state index is 13.0. The van der Waals surface area contributed by atoms with E-state index in [-0.39, 0.29) is 18.0 Å². The van der Waals surface area contributed by atoms with Crippen molar-refractivity contribution in [3.05, 3.63) is 0 Å². The lowest BCUT2D eigenvalue weighted by molar-refractivity contribution is -0.129. The first kappa shape index (κ1) is 17.6. The standard InChI is InChI=1S/C19H33N3O2/c23-17(20-15-11-5-6-12-15)19(13-7-2-8-14-19)22-18(24)21-16-9-3-1-4-10-16/h15-16H,1-14H2,(H,20,23)(H2,21,22,24). The molecule has 3 aliphatic rings. The molecule has 0 bridgehead atoms. The molecule has 0 aromatic heterocycles. The molecule has 0 atom stereocenters.